The smallest absolute Gasteiger partial charge is 0.146 e. The third-order valence-electron chi connectivity index (χ3n) is 2.23. The summed E-state index contributed by atoms with van der Waals surface area (Å²) in [5.74, 6) is 1.70. The van der Waals surface area contributed by atoms with Gasteiger partial charge in [-0.2, -0.15) is 0 Å². The van der Waals surface area contributed by atoms with E-state index in [1.54, 1.807) is 12.5 Å². The summed E-state index contributed by atoms with van der Waals surface area (Å²) in [5, 5.41) is 11.0. The summed E-state index contributed by atoms with van der Waals surface area (Å²) < 4.78 is 1.89. The van der Waals surface area contributed by atoms with E-state index in [0.717, 1.165) is 17.3 Å². The Morgan fingerprint density at radius 3 is 2.94 bits per heavy atom. The molecule has 0 fully saturated rings. The topological polar surface area (TPSA) is 68.5 Å². The second kappa shape index (κ2) is 4.80. The van der Waals surface area contributed by atoms with Crippen molar-refractivity contribution < 1.29 is 0 Å². The highest BCUT2D eigenvalue weighted by Gasteiger charge is 2.00. The fourth-order valence-electron chi connectivity index (χ4n) is 1.37. The lowest BCUT2D eigenvalue weighted by Gasteiger charge is -2.03. The number of nitrogens with zero attached hydrogens (tertiary/aromatic N) is 5. The van der Waals surface area contributed by atoms with Crippen LogP contribution in [0.5, 0.6) is 0 Å². The lowest BCUT2D eigenvalue weighted by atomic mass is 10.4. The van der Waals surface area contributed by atoms with Crippen molar-refractivity contribution >= 4 is 0 Å². The molecular formula is C10H14N6. The molecule has 0 aromatic carbocycles. The normalized spacial score (nSPS) is 10.6. The molecule has 16 heavy (non-hydrogen) atoms. The van der Waals surface area contributed by atoms with Crippen molar-refractivity contribution in [2.45, 2.75) is 20.0 Å². The molecule has 0 atom stereocenters. The maximum absolute atomic E-state index is 4.30. The van der Waals surface area contributed by atoms with E-state index >= 15 is 0 Å². The van der Waals surface area contributed by atoms with E-state index in [-0.39, 0.29) is 0 Å². The minimum atomic E-state index is 0.680. The predicted molar refractivity (Wildman–Crippen MR) is 58.3 cm³/mol. The molecular weight excluding hydrogens is 204 g/mol. The summed E-state index contributed by atoms with van der Waals surface area (Å²) in [7, 11) is 1.92. The second-order valence-electron chi connectivity index (χ2n) is 3.56. The Bertz CT molecular complexity index is 464. The van der Waals surface area contributed by atoms with Crippen LogP contribution in [0, 0.1) is 6.92 Å². The zero-order chi connectivity index (χ0) is 11.4. The van der Waals surface area contributed by atoms with Gasteiger partial charge >= 0.3 is 0 Å². The molecule has 0 spiro atoms. The fourth-order valence-corrected chi connectivity index (χ4v) is 1.37. The third kappa shape index (κ3) is 2.60. The van der Waals surface area contributed by atoms with Gasteiger partial charge in [-0.25, -0.2) is 9.97 Å². The van der Waals surface area contributed by atoms with Crippen LogP contribution in [-0.2, 0) is 20.1 Å². The van der Waals surface area contributed by atoms with Crippen LogP contribution in [0.2, 0.25) is 0 Å². The lowest BCUT2D eigenvalue weighted by molar-refractivity contribution is 0.626. The minimum absolute atomic E-state index is 0.680. The number of hydrogen-bond donors (Lipinski definition) is 1. The molecule has 2 aromatic heterocycles. The van der Waals surface area contributed by atoms with Gasteiger partial charge in [-0.05, 0) is 13.0 Å². The quantitative estimate of drug-likeness (QED) is 0.794. The molecule has 0 aliphatic carbocycles. The van der Waals surface area contributed by atoms with E-state index < -0.39 is 0 Å². The van der Waals surface area contributed by atoms with E-state index in [1.807, 2.05) is 24.6 Å². The maximum Gasteiger partial charge on any atom is 0.146 e. The number of aryl methyl sites for hydroxylation is 2. The van der Waals surface area contributed by atoms with Crippen molar-refractivity contribution in [2.75, 3.05) is 0 Å². The Hall–Kier alpha value is -1.82. The number of rotatable bonds is 4. The zero-order valence-electron chi connectivity index (χ0n) is 9.38. The van der Waals surface area contributed by atoms with E-state index in [1.165, 1.54) is 0 Å². The molecule has 84 valence electrons. The van der Waals surface area contributed by atoms with Crippen molar-refractivity contribution in [3.63, 3.8) is 0 Å². The predicted octanol–water partition coefficient (Wildman–Crippen LogP) is 0.203. The highest BCUT2D eigenvalue weighted by Crippen LogP contribution is 1.95. The summed E-state index contributed by atoms with van der Waals surface area (Å²) >= 11 is 0. The van der Waals surface area contributed by atoms with Gasteiger partial charge in [0, 0.05) is 19.8 Å². The average Bonchev–Trinajstić information content (AvgIpc) is 2.65. The largest absolute Gasteiger partial charge is 0.320 e. The van der Waals surface area contributed by atoms with Crippen molar-refractivity contribution in [3.8, 4) is 0 Å². The van der Waals surface area contributed by atoms with Crippen molar-refractivity contribution in [3.05, 3.63) is 35.9 Å². The first kappa shape index (κ1) is 10.7. The molecule has 6 heteroatoms. The summed E-state index contributed by atoms with van der Waals surface area (Å²) in [4.78, 5) is 8.34. The summed E-state index contributed by atoms with van der Waals surface area (Å²) in [6.07, 6.45) is 3.45. The molecule has 0 aliphatic heterocycles. The second-order valence-corrected chi connectivity index (χ2v) is 3.56. The van der Waals surface area contributed by atoms with Crippen LogP contribution in [0.15, 0.2) is 18.6 Å². The standard InChI is InChI=1S/C10H14N6/c1-8-12-4-3-9(14-8)5-11-6-10-15-13-7-16(10)2/h3-4,7,11H,5-6H2,1-2H3. The van der Waals surface area contributed by atoms with Crippen LogP contribution in [0.4, 0.5) is 0 Å². The van der Waals surface area contributed by atoms with Crippen LogP contribution >= 0.6 is 0 Å². The first-order chi connectivity index (χ1) is 7.75. The van der Waals surface area contributed by atoms with Gasteiger partial charge in [0.05, 0.1) is 12.2 Å². The summed E-state index contributed by atoms with van der Waals surface area (Å²) in [6.45, 7) is 3.27. The molecule has 0 amide bonds. The number of hydrogen-bond acceptors (Lipinski definition) is 5. The monoisotopic (exact) mass is 218 g/mol. The third-order valence-corrected chi connectivity index (χ3v) is 2.23. The molecule has 0 bridgehead atoms. The van der Waals surface area contributed by atoms with Crippen LogP contribution in [0.1, 0.15) is 17.3 Å². The Morgan fingerprint density at radius 2 is 2.25 bits per heavy atom. The van der Waals surface area contributed by atoms with Gasteiger partial charge in [0.25, 0.3) is 0 Å². The molecule has 6 nitrogen and oxygen atoms in total. The maximum atomic E-state index is 4.30. The molecule has 0 radical (unpaired) electrons. The molecule has 0 unspecified atom stereocenters. The van der Waals surface area contributed by atoms with Crippen molar-refractivity contribution in [2.24, 2.45) is 7.05 Å². The highest BCUT2D eigenvalue weighted by molar-refractivity contribution is 5.01. The molecule has 2 aromatic rings. The molecule has 1 N–H and O–H groups in total. The average molecular weight is 218 g/mol. The molecule has 2 heterocycles. The van der Waals surface area contributed by atoms with E-state index in [9.17, 15) is 0 Å². The number of nitrogens with one attached hydrogen (secondary N) is 1. The Labute approximate surface area is 93.8 Å². The molecule has 0 aliphatic rings. The van der Waals surface area contributed by atoms with Gasteiger partial charge in [0.1, 0.15) is 18.0 Å². The van der Waals surface area contributed by atoms with Gasteiger partial charge in [0.2, 0.25) is 0 Å². The SMILES string of the molecule is Cc1nccc(CNCc2nncn2C)n1. The summed E-state index contributed by atoms with van der Waals surface area (Å²) in [5.41, 5.74) is 0.981. The molecule has 0 saturated heterocycles. The van der Waals surface area contributed by atoms with Gasteiger partial charge in [0.15, 0.2) is 0 Å². The first-order valence-electron chi connectivity index (χ1n) is 5.08. The van der Waals surface area contributed by atoms with E-state index in [4.69, 9.17) is 0 Å². The Balaban J connectivity index is 1.87. The Kier molecular flexibility index (Phi) is 3.21. The zero-order valence-corrected chi connectivity index (χ0v) is 9.38. The van der Waals surface area contributed by atoms with Crippen molar-refractivity contribution in [1.29, 1.82) is 0 Å². The molecule has 2 rings (SSSR count). The van der Waals surface area contributed by atoms with Gasteiger partial charge in [-0.1, -0.05) is 0 Å². The first-order valence-corrected chi connectivity index (χ1v) is 5.08. The van der Waals surface area contributed by atoms with Crippen LogP contribution in [-0.4, -0.2) is 24.7 Å². The van der Waals surface area contributed by atoms with Crippen LogP contribution < -0.4 is 5.32 Å². The molecule has 0 saturated carbocycles. The Morgan fingerprint density at radius 1 is 1.38 bits per heavy atom. The van der Waals surface area contributed by atoms with Gasteiger partial charge < -0.3 is 9.88 Å². The van der Waals surface area contributed by atoms with E-state index in [2.05, 4.69) is 25.5 Å². The fraction of sp³-hybridized carbons (Fsp3) is 0.400. The van der Waals surface area contributed by atoms with Gasteiger partial charge in [-0.15, -0.1) is 10.2 Å². The summed E-state index contributed by atoms with van der Waals surface area (Å²) in [6, 6.07) is 1.90. The van der Waals surface area contributed by atoms with Crippen LogP contribution in [0.25, 0.3) is 0 Å². The van der Waals surface area contributed by atoms with Crippen LogP contribution in [0.3, 0.4) is 0 Å². The highest BCUT2D eigenvalue weighted by atomic mass is 15.3. The van der Waals surface area contributed by atoms with Crippen molar-refractivity contribution in [1.82, 2.24) is 30.0 Å². The lowest BCUT2D eigenvalue weighted by Crippen LogP contribution is -2.16. The van der Waals surface area contributed by atoms with Gasteiger partial charge in [-0.3, -0.25) is 0 Å². The van der Waals surface area contributed by atoms with E-state index in [0.29, 0.717) is 13.1 Å². The minimum Gasteiger partial charge on any atom is -0.320 e. The number of aromatic nitrogens is 5.